The Morgan fingerprint density at radius 1 is 1.27 bits per heavy atom. The Morgan fingerprint density at radius 3 is 2.82 bits per heavy atom. The highest BCUT2D eigenvalue weighted by molar-refractivity contribution is 5.10. The molecule has 0 aromatic carbocycles. The molecule has 0 saturated heterocycles. The van der Waals surface area contributed by atoms with Crippen molar-refractivity contribution in [2.75, 3.05) is 6.54 Å². The molecule has 0 heterocycles. The van der Waals surface area contributed by atoms with Gasteiger partial charge in [0.15, 0.2) is 0 Å². The van der Waals surface area contributed by atoms with E-state index >= 15 is 0 Å². The normalized spacial score (nSPS) is 22.5. The van der Waals surface area contributed by atoms with Gasteiger partial charge in [-0.15, -0.1) is 0 Å². The lowest BCUT2D eigenvalue weighted by atomic mass is 9.95. The molecule has 0 aromatic heterocycles. The zero-order valence-corrected chi connectivity index (χ0v) is 7.00. The molecule has 2 N–H and O–H groups in total. The van der Waals surface area contributed by atoms with Crippen LogP contribution in [0.25, 0.3) is 0 Å². The second-order valence-corrected chi connectivity index (χ2v) is 3.09. The summed E-state index contributed by atoms with van der Waals surface area (Å²) in [6.07, 6.45) is 13.8. The van der Waals surface area contributed by atoms with Crippen LogP contribution >= 0.6 is 0 Å². The largest absolute Gasteiger partial charge is 0.330 e. The van der Waals surface area contributed by atoms with E-state index in [9.17, 15) is 0 Å². The predicted octanol–water partition coefficient (Wildman–Crippen LogP) is 2.25. The van der Waals surface area contributed by atoms with E-state index in [0.29, 0.717) is 0 Å². The molecule has 0 bridgehead atoms. The van der Waals surface area contributed by atoms with Gasteiger partial charge in [-0.25, -0.2) is 0 Å². The zero-order valence-electron chi connectivity index (χ0n) is 7.00. The summed E-state index contributed by atoms with van der Waals surface area (Å²) < 4.78 is 0. The van der Waals surface area contributed by atoms with Gasteiger partial charge in [0, 0.05) is 0 Å². The first-order valence-corrected chi connectivity index (χ1v) is 4.47. The van der Waals surface area contributed by atoms with Crippen molar-refractivity contribution < 1.29 is 0 Å². The highest BCUT2D eigenvalue weighted by atomic mass is 14.5. The summed E-state index contributed by atoms with van der Waals surface area (Å²) in [4.78, 5) is 0. The van der Waals surface area contributed by atoms with Gasteiger partial charge in [-0.3, -0.25) is 0 Å². The van der Waals surface area contributed by atoms with Crippen molar-refractivity contribution in [2.45, 2.75) is 25.7 Å². The Kier molecular flexibility index (Phi) is 3.99. The van der Waals surface area contributed by atoms with Gasteiger partial charge in [0.1, 0.15) is 0 Å². The number of allylic oxidation sites excluding steroid dienone is 4. The van der Waals surface area contributed by atoms with E-state index in [-0.39, 0.29) is 0 Å². The van der Waals surface area contributed by atoms with Crippen LogP contribution in [0.15, 0.2) is 24.3 Å². The molecule has 0 saturated carbocycles. The van der Waals surface area contributed by atoms with E-state index < -0.39 is 0 Å². The second kappa shape index (κ2) is 5.14. The first-order valence-electron chi connectivity index (χ1n) is 4.47. The van der Waals surface area contributed by atoms with Crippen LogP contribution in [0.3, 0.4) is 0 Å². The van der Waals surface area contributed by atoms with Gasteiger partial charge in [0.2, 0.25) is 0 Å². The number of nitrogens with two attached hydrogens (primary N) is 1. The average molecular weight is 151 g/mol. The van der Waals surface area contributed by atoms with Crippen LogP contribution in [-0.4, -0.2) is 6.54 Å². The summed E-state index contributed by atoms with van der Waals surface area (Å²) >= 11 is 0. The van der Waals surface area contributed by atoms with Gasteiger partial charge in [0.05, 0.1) is 0 Å². The van der Waals surface area contributed by atoms with Gasteiger partial charge >= 0.3 is 0 Å². The monoisotopic (exact) mass is 151 g/mol. The highest BCUT2D eigenvalue weighted by Gasteiger charge is 2.03. The molecule has 62 valence electrons. The van der Waals surface area contributed by atoms with Crippen molar-refractivity contribution in [3.63, 3.8) is 0 Å². The van der Waals surface area contributed by atoms with Gasteiger partial charge in [-0.2, -0.15) is 0 Å². The minimum absolute atomic E-state index is 0.784. The summed E-state index contributed by atoms with van der Waals surface area (Å²) in [5.74, 6) is 0.784. The molecule has 0 radical (unpaired) electrons. The van der Waals surface area contributed by atoms with Crippen molar-refractivity contribution in [3.8, 4) is 0 Å². The highest BCUT2D eigenvalue weighted by Crippen LogP contribution is 2.17. The molecule has 1 rings (SSSR count). The fourth-order valence-electron chi connectivity index (χ4n) is 1.40. The minimum atomic E-state index is 0.784. The Balaban J connectivity index is 2.07. The lowest BCUT2D eigenvalue weighted by Gasteiger charge is -2.11. The lowest BCUT2D eigenvalue weighted by molar-refractivity contribution is 0.549. The molecule has 1 heteroatoms. The maximum Gasteiger partial charge on any atom is -0.00773 e. The maximum absolute atomic E-state index is 5.41. The minimum Gasteiger partial charge on any atom is -0.330 e. The number of hydrogen-bond donors (Lipinski definition) is 1. The SMILES string of the molecule is NCCCCC1C=CC=CC1. The van der Waals surface area contributed by atoms with E-state index in [4.69, 9.17) is 5.73 Å². The summed E-state index contributed by atoms with van der Waals surface area (Å²) in [5, 5.41) is 0. The van der Waals surface area contributed by atoms with Gasteiger partial charge < -0.3 is 5.73 Å². The molecule has 1 unspecified atom stereocenters. The zero-order chi connectivity index (χ0) is 7.94. The lowest BCUT2D eigenvalue weighted by Crippen LogP contribution is -2.01. The van der Waals surface area contributed by atoms with Gasteiger partial charge in [-0.1, -0.05) is 30.7 Å². The van der Waals surface area contributed by atoms with Crippen LogP contribution in [0.5, 0.6) is 0 Å². The summed E-state index contributed by atoms with van der Waals surface area (Å²) in [6, 6.07) is 0. The third kappa shape index (κ3) is 3.38. The molecule has 1 aliphatic carbocycles. The Labute approximate surface area is 69.0 Å². The van der Waals surface area contributed by atoms with Crippen LogP contribution in [0.4, 0.5) is 0 Å². The van der Waals surface area contributed by atoms with Gasteiger partial charge in [0.25, 0.3) is 0 Å². The Hall–Kier alpha value is -0.560. The van der Waals surface area contributed by atoms with Crippen LogP contribution in [0, 0.1) is 5.92 Å². The standard InChI is InChI=1S/C10H17N/c11-9-5-4-8-10-6-2-1-3-7-10/h1-3,6,10H,4-5,7-9,11H2. The van der Waals surface area contributed by atoms with E-state index in [0.717, 1.165) is 12.5 Å². The average Bonchev–Trinajstić information content (AvgIpc) is 2.07. The van der Waals surface area contributed by atoms with Crippen molar-refractivity contribution in [3.05, 3.63) is 24.3 Å². The molecular weight excluding hydrogens is 134 g/mol. The Bertz CT molecular complexity index is 147. The third-order valence-electron chi connectivity index (χ3n) is 2.10. The fraction of sp³-hybridized carbons (Fsp3) is 0.600. The van der Waals surface area contributed by atoms with E-state index in [2.05, 4.69) is 24.3 Å². The first kappa shape index (κ1) is 8.54. The Morgan fingerprint density at radius 2 is 2.18 bits per heavy atom. The quantitative estimate of drug-likeness (QED) is 0.613. The number of unbranched alkanes of at least 4 members (excludes halogenated alkanes) is 1. The molecule has 0 fully saturated rings. The van der Waals surface area contributed by atoms with Crippen molar-refractivity contribution >= 4 is 0 Å². The maximum atomic E-state index is 5.41. The molecule has 0 aliphatic heterocycles. The van der Waals surface area contributed by atoms with Crippen molar-refractivity contribution in [2.24, 2.45) is 11.7 Å². The molecule has 0 aromatic rings. The van der Waals surface area contributed by atoms with Crippen LogP contribution in [0.1, 0.15) is 25.7 Å². The topological polar surface area (TPSA) is 26.0 Å². The summed E-state index contributed by atoms with van der Waals surface area (Å²) in [6.45, 7) is 0.840. The molecule has 1 atom stereocenters. The fourth-order valence-corrected chi connectivity index (χ4v) is 1.40. The van der Waals surface area contributed by atoms with Gasteiger partial charge in [-0.05, 0) is 31.7 Å². The second-order valence-electron chi connectivity index (χ2n) is 3.09. The van der Waals surface area contributed by atoms with E-state index in [1.165, 1.54) is 25.7 Å². The molecule has 11 heavy (non-hydrogen) atoms. The van der Waals surface area contributed by atoms with Crippen molar-refractivity contribution in [1.29, 1.82) is 0 Å². The molecule has 1 nitrogen and oxygen atoms in total. The summed E-state index contributed by atoms with van der Waals surface area (Å²) in [7, 11) is 0. The van der Waals surface area contributed by atoms with Crippen LogP contribution in [0.2, 0.25) is 0 Å². The third-order valence-corrected chi connectivity index (χ3v) is 2.10. The summed E-state index contributed by atoms with van der Waals surface area (Å²) in [5.41, 5.74) is 5.41. The van der Waals surface area contributed by atoms with E-state index in [1.807, 2.05) is 0 Å². The number of hydrogen-bond acceptors (Lipinski definition) is 1. The van der Waals surface area contributed by atoms with Crippen molar-refractivity contribution in [1.82, 2.24) is 0 Å². The smallest absolute Gasteiger partial charge is 0.00773 e. The number of rotatable bonds is 4. The molecule has 0 amide bonds. The molecule has 0 spiro atoms. The predicted molar refractivity (Wildman–Crippen MR) is 49.3 cm³/mol. The van der Waals surface area contributed by atoms with Crippen LogP contribution in [-0.2, 0) is 0 Å². The van der Waals surface area contributed by atoms with E-state index in [1.54, 1.807) is 0 Å². The molecular formula is C10H17N. The first-order chi connectivity index (χ1) is 5.43. The molecule has 1 aliphatic rings. The van der Waals surface area contributed by atoms with Crippen LogP contribution < -0.4 is 5.73 Å².